The molecule has 2 N–H and O–H groups in total. The largest absolute Gasteiger partial charge is 0.333 e. The van der Waals surface area contributed by atoms with Crippen LogP contribution in [0.25, 0.3) is 0 Å². The van der Waals surface area contributed by atoms with Gasteiger partial charge in [0.05, 0.1) is 0 Å². The monoisotopic (exact) mass is 241 g/mol. The van der Waals surface area contributed by atoms with E-state index in [4.69, 9.17) is 0 Å². The Balaban J connectivity index is 2.95. The van der Waals surface area contributed by atoms with Gasteiger partial charge < -0.3 is 15.5 Å². The normalized spacial score (nSPS) is 28.5. The second-order valence-corrected chi connectivity index (χ2v) is 5.23. The van der Waals surface area contributed by atoms with Gasteiger partial charge in [-0.2, -0.15) is 0 Å². The molecule has 0 aliphatic carbocycles. The summed E-state index contributed by atoms with van der Waals surface area (Å²) in [5, 5.41) is 5.86. The minimum absolute atomic E-state index is 0.109. The van der Waals surface area contributed by atoms with Crippen molar-refractivity contribution in [3.63, 3.8) is 0 Å². The van der Waals surface area contributed by atoms with E-state index in [9.17, 15) is 9.59 Å². The summed E-state index contributed by atoms with van der Waals surface area (Å²) in [6.07, 6.45) is 0.726. The van der Waals surface area contributed by atoms with E-state index in [0.29, 0.717) is 6.04 Å². The summed E-state index contributed by atoms with van der Waals surface area (Å²) >= 11 is 0. The lowest BCUT2D eigenvalue weighted by Crippen LogP contribution is -2.69. The lowest BCUT2D eigenvalue weighted by molar-refractivity contribution is -0.128. The van der Waals surface area contributed by atoms with Gasteiger partial charge >= 0.3 is 0 Å². The van der Waals surface area contributed by atoms with Crippen molar-refractivity contribution in [3.8, 4) is 0 Å². The highest BCUT2D eigenvalue weighted by Crippen LogP contribution is 2.28. The van der Waals surface area contributed by atoms with Crippen LogP contribution in [-0.4, -0.2) is 42.0 Å². The molecule has 0 aromatic rings. The maximum Gasteiger partial charge on any atom is 0.218 e. The molecular formula is C12H23N3O2. The quantitative estimate of drug-likeness (QED) is 0.684. The van der Waals surface area contributed by atoms with Gasteiger partial charge in [0, 0.05) is 38.8 Å². The summed E-state index contributed by atoms with van der Waals surface area (Å²) in [7, 11) is 2.06. The smallest absolute Gasteiger partial charge is 0.218 e. The van der Waals surface area contributed by atoms with E-state index in [2.05, 4.69) is 29.5 Å². The van der Waals surface area contributed by atoms with Gasteiger partial charge in [0.2, 0.25) is 11.8 Å². The Morgan fingerprint density at radius 2 is 1.65 bits per heavy atom. The van der Waals surface area contributed by atoms with Gasteiger partial charge in [-0.25, -0.2) is 0 Å². The first-order valence-corrected chi connectivity index (χ1v) is 6.04. The molecular weight excluding hydrogens is 218 g/mol. The van der Waals surface area contributed by atoms with Crippen molar-refractivity contribution in [2.24, 2.45) is 5.92 Å². The van der Waals surface area contributed by atoms with E-state index in [1.54, 1.807) is 0 Å². The first-order chi connectivity index (χ1) is 7.77. The second-order valence-electron chi connectivity index (χ2n) is 5.23. The number of nitrogens with zero attached hydrogens (tertiary/aromatic N) is 1. The van der Waals surface area contributed by atoms with E-state index in [0.717, 1.165) is 13.0 Å². The predicted molar refractivity (Wildman–Crippen MR) is 66.2 cm³/mol. The van der Waals surface area contributed by atoms with Crippen molar-refractivity contribution < 1.29 is 9.59 Å². The van der Waals surface area contributed by atoms with Gasteiger partial charge in [-0.15, -0.1) is 0 Å². The molecule has 1 aliphatic heterocycles. The molecule has 2 atom stereocenters. The van der Waals surface area contributed by atoms with E-state index in [1.165, 1.54) is 13.8 Å². The third kappa shape index (κ3) is 3.19. The molecule has 1 fully saturated rings. The number of rotatable bonds is 2. The summed E-state index contributed by atoms with van der Waals surface area (Å²) in [5.74, 6) is -0.0405. The molecule has 2 unspecified atom stereocenters. The summed E-state index contributed by atoms with van der Waals surface area (Å²) in [6.45, 7) is 7.97. The van der Waals surface area contributed by atoms with Crippen molar-refractivity contribution in [1.82, 2.24) is 15.5 Å². The predicted octanol–water partition coefficient (Wildman–Crippen LogP) is 0.315. The van der Waals surface area contributed by atoms with E-state index in [1.807, 2.05) is 6.92 Å². The molecule has 17 heavy (non-hydrogen) atoms. The molecule has 0 saturated carbocycles. The summed E-state index contributed by atoms with van der Waals surface area (Å²) < 4.78 is 0. The SMILES string of the molecule is CC(=O)NC1(NC(C)=O)CC(C)N(C)CC1C. The zero-order valence-electron chi connectivity index (χ0n) is 11.3. The topological polar surface area (TPSA) is 61.4 Å². The van der Waals surface area contributed by atoms with Gasteiger partial charge in [0.25, 0.3) is 0 Å². The van der Waals surface area contributed by atoms with E-state index >= 15 is 0 Å². The number of hydrogen-bond donors (Lipinski definition) is 2. The zero-order valence-corrected chi connectivity index (χ0v) is 11.3. The van der Waals surface area contributed by atoms with Gasteiger partial charge in [-0.05, 0) is 14.0 Å². The second kappa shape index (κ2) is 5.04. The fourth-order valence-corrected chi connectivity index (χ4v) is 2.60. The Kier molecular flexibility index (Phi) is 4.14. The van der Waals surface area contributed by atoms with Gasteiger partial charge in [0.1, 0.15) is 5.66 Å². The third-order valence-electron chi connectivity index (χ3n) is 3.57. The van der Waals surface area contributed by atoms with Crippen LogP contribution >= 0.6 is 0 Å². The number of likely N-dealkylation sites (tertiary alicyclic amines) is 1. The van der Waals surface area contributed by atoms with Crippen LogP contribution in [-0.2, 0) is 9.59 Å². The van der Waals surface area contributed by atoms with E-state index < -0.39 is 5.66 Å². The molecule has 1 saturated heterocycles. The van der Waals surface area contributed by atoms with Crippen molar-refractivity contribution in [1.29, 1.82) is 0 Å². The molecule has 1 rings (SSSR count). The Labute approximate surface area is 103 Å². The van der Waals surface area contributed by atoms with Crippen LogP contribution in [0.5, 0.6) is 0 Å². The molecule has 0 radical (unpaired) electrons. The highest BCUT2D eigenvalue weighted by Gasteiger charge is 2.43. The number of amides is 2. The van der Waals surface area contributed by atoms with Crippen LogP contribution in [0, 0.1) is 5.92 Å². The van der Waals surface area contributed by atoms with Gasteiger partial charge in [-0.3, -0.25) is 9.59 Å². The van der Waals surface area contributed by atoms with Gasteiger partial charge in [-0.1, -0.05) is 6.92 Å². The standard InChI is InChI=1S/C12H23N3O2/c1-8-7-15(5)9(2)6-12(8,13-10(3)16)14-11(4)17/h8-9H,6-7H2,1-5H3,(H,13,16)(H,14,17). The number of nitrogens with one attached hydrogen (secondary N) is 2. The minimum Gasteiger partial charge on any atom is -0.333 e. The van der Waals surface area contributed by atoms with Crippen LogP contribution in [0.15, 0.2) is 0 Å². The van der Waals surface area contributed by atoms with Crippen LogP contribution in [0.1, 0.15) is 34.1 Å². The third-order valence-corrected chi connectivity index (χ3v) is 3.57. The molecule has 0 aromatic carbocycles. The van der Waals surface area contributed by atoms with Crippen molar-refractivity contribution in [2.45, 2.75) is 45.8 Å². The average Bonchev–Trinajstić information content (AvgIpc) is 2.12. The van der Waals surface area contributed by atoms with Crippen LogP contribution in [0.4, 0.5) is 0 Å². The molecule has 2 amide bonds. The number of carbonyl (C=O) groups excluding carboxylic acids is 2. The van der Waals surface area contributed by atoms with Crippen molar-refractivity contribution in [3.05, 3.63) is 0 Å². The summed E-state index contributed by atoms with van der Waals surface area (Å²) in [5.41, 5.74) is -0.608. The Morgan fingerprint density at radius 1 is 1.18 bits per heavy atom. The van der Waals surface area contributed by atoms with Gasteiger partial charge in [0.15, 0.2) is 0 Å². The lowest BCUT2D eigenvalue weighted by atomic mass is 9.82. The fraction of sp³-hybridized carbons (Fsp3) is 0.833. The molecule has 0 spiro atoms. The lowest BCUT2D eigenvalue weighted by Gasteiger charge is -2.49. The first kappa shape index (κ1) is 14.0. The molecule has 5 nitrogen and oxygen atoms in total. The molecule has 1 aliphatic rings. The Bertz CT molecular complexity index is 301. The highest BCUT2D eigenvalue weighted by molar-refractivity contribution is 5.77. The first-order valence-electron chi connectivity index (χ1n) is 6.04. The number of hydrogen-bond acceptors (Lipinski definition) is 3. The van der Waals surface area contributed by atoms with E-state index in [-0.39, 0.29) is 17.7 Å². The number of piperidine rings is 1. The maximum atomic E-state index is 11.4. The molecule has 98 valence electrons. The van der Waals surface area contributed by atoms with Crippen molar-refractivity contribution in [2.75, 3.05) is 13.6 Å². The summed E-state index contributed by atoms with van der Waals surface area (Å²) in [6, 6.07) is 0.324. The van der Waals surface area contributed by atoms with Crippen LogP contribution < -0.4 is 10.6 Å². The van der Waals surface area contributed by atoms with Crippen LogP contribution in [0.3, 0.4) is 0 Å². The molecule has 1 heterocycles. The maximum absolute atomic E-state index is 11.4. The molecule has 0 aromatic heterocycles. The highest BCUT2D eigenvalue weighted by atomic mass is 16.2. The van der Waals surface area contributed by atoms with Crippen LogP contribution in [0.2, 0.25) is 0 Å². The molecule has 0 bridgehead atoms. The zero-order chi connectivity index (χ0) is 13.2. The average molecular weight is 241 g/mol. The number of carbonyl (C=O) groups is 2. The Morgan fingerprint density at radius 3 is 2.06 bits per heavy atom. The summed E-state index contributed by atoms with van der Waals surface area (Å²) in [4.78, 5) is 25.0. The fourth-order valence-electron chi connectivity index (χ4n) is 2.60. The minimum atomic E-state index is -0.608. The molecule has 5 heteroatoms. The van der Waals surface area contributed by atoms with Crippen molar-refractivity contribution >= 4 is 11.8 Å². The Hall–Kier alpha value is -1.10.